The lowest BCUT2D eigenvalue weighted by Crippen LogP contribution is -2.43. The number of halogens is 1. The largest absolute Gasteiger partial charge is 0.337 e. The highest BCUT2D eigenvalue weighted by atomic mass is 35.5. The quantitative estimate of drug-likeness (QED) is 0.571. The van der Waals surface area contributed by atoms with Crippen molar-refractivity contribution < 1.29 is 0 Å². The van der Waals surface area contributed by atoms with Gasteiger partial charge in [0, 0.05) is 43.1 Å². The molecule has 6 nitrogen and oxygen atoms in total. The smallest absolute Gasteiger partial charge is 0.159 e. The molecule has 27 heavy (non-hydrogen) atoms. The maximum absolute atomic E-state index is 6.07. The van der Waals surface area contributed by atoms with E-state index in [1.165, 1.54) is 5.56 Å². The molecule has 1 saturated heterocycles. The van der Waals surface area contributed by atoms with Gasteiger partial charge in [0.25, 0.3) is 0 Å². The molecule has 0 bridgehead atoms. The van der Waals surface area contributed by atoms with Crippen LogP contribution in [0.2, 0.25) is 5.02 Å². The van der Waals surface area contributed by atoms with E-state index in [-0.39, 0.29) is 0 Å². The molecular formula is C20H21ClN6. The lowest BCUT2D eigenvalue weighted by Gasteiger charge is -2.32. The Morgan fingerprint density at radius 3 is 2.74 bits per heavy atom. The van der Waals surface area contributed by atoms with Crippen molar-refractivity contribution in [3.8, 4) is 11.5 Å². The van der Waals surface area contributed by atoms with Gasteiger partial charge in [-0.15, -0.1) is 0 Å². The zero-order valence-corrected chi connectivity index (χ0v) is 15.9. The summed E-state index contributed by atoms with van der Waals surface area (Å²) < 4.78 is 0. The fourth-order valence-corrected chi connectivity index (χ4v) is 3.88. The number of H-pyrrole nitrogens is 2. The van der Waals surface area contributed by atoms with Gasteiger partial charge in [0.15, 0.2) is 5.82 Å². The van der Waals surface area contributed by atoms with Gasteiger partial charge in [0.2, 0.25) is 0 Å². The molecule has 1 fully saturated rings. The van der Waals surface area contributed by atoms with Crippen LogP contribution in [0.5, 0.6) is 0 Å². The van der Waals surface area contributed by atoms with Crippen LogP contribution in [0.3, 0.4) is 0 Å². The predicted octanol–water partition coefficient (Wildman–Crippen LogP) is 3.51. The second-order valence-corrected chi connectivity index (χ2v) is 7.71. The Morgan fingerprint density at radius 2 is 1.89 bits per heavy atom. The first-order valence-electron chi connectivity index (χ1n) is 9.19. The summed E-state index contributed by atoms with van der Waals surface area (Å²) in [6.07, 6.45) is 0. The van der Waals surface area contributed by atoms with Crippen LogP contribution < -0.4 is 0 Å². The molecule has 0 spiro atoms. The van der Waals surface area contributed by atoms with Gasteiger partial charge >= 0.3 is 0 Å². The summed E-state index contributed by atoms with van der Waals surface area (Å²) in [6.45, 7) is 5.47. The molecule has 2 aromatic heterocycles. The van der Waals surface area contributed by atoms with Crippen LogP contribution in [0.1, 0.15) is 5.56 Å². The second-order valence-electron chi connectivity index (χ2n) is 7.28. The molecule has 2 aromatic carbocycles. The highest BCUT2D eigenvalue weighted by Gasteiger charge is 2.16. The minimum atomic E-state index is 0.691. The number of likely N-dealkylation sites (N-methyl/N-ethyl adjacent to an activating group) is 1. The lowest BCUT2D eigenvalue weighted by atomic mass is 10.1. The van der Waals surface area contributed by atoms with Gasteiger partial charge in [-0.05, 0) is 42.9 Å². The zero-order valence-electron chi connectivity index (χ0n) is 15.2. The van der Waals surface area contributed by atoms with E-state index >= 15 is 0 Å². The number of hydrogen-bond donors (Lipinski definition) is 2. The van der Waals surface area contributed by atoms with E-state index in [1.54, 1.807) is 0 Å². The van der Waals surface area contributed by atoms with E-state index in [0.29, 0.717) is 5.02 Å². The van der Waals surface area contributed by atoms with Crippen molar-refractivity contribution in [3.05, 3.63) is 47.0 Å². The summed E-state index contributed by atoms with van der Waals surface area (Å²) >= 11 is 6.07. The van der Waals surface area contributed by atoms with Crippen LogP contribution in [0.25, 0.3) is 33.5 Å². The molecule has 3 heterocycles. The Morgan fingerprint density at radius 1 is 1.04 bits per heavy atom. The molecule has 0 aliphatic carbocycles. The predicted molar refractivity (Wildman–Crippen MR) is 109 cm³/mol. The van der Waals surface area contributed by atoms with Crippen LogP contribution >= 0.6 is 11.6 Å². The highest BCUT2D eigenvalue weighted by molar-refractivity contribution is 6.31. The van der Waals surface area contributed by atoms with E-state index in [4.69, 9.17) is 16.6 Å². The van der Waals surface area contributed by atoms with Gasteiger partial charge in [-0.2, -0.15) is 5.10 Å². The summed E-state index contributed by atoms with van der Waals surface area (Å²) in [7, 11) is 2.18. The molecule has 138 valence electrons. The maximum Gasteiger partial charge on any atom is 0.159 e. The maximum atomic E-state index is 6.07. The average molecular weight is 381 g/mol. The standard InChI is InChI=1S/C20H21ClN6/c1-26-6-8-27(9-7-26)12-13-2-5-16-18(10-13)23-20(22-16)19-15-4-3-14(21)11-17(15)24-25-19/h2-5,10-11H,6-9,12H2,1H3,(H,22,23)(H,24,25). The number of aromatic nitrogens is 4. The van der Waals surface area contributed by atoms with Gasteiger partial charge in [-0.25, -0.2) is 4.98 Å². The van der Waals surface area contributed by atoms with Crippen LogP contribution in [0.15, 0.2) is 36.4 Å². The van der Waals surface area contributed by atoms with Gasteiger partial charge in [0.05, 0.1) is 16.6 Å². The molecule has 0 amide bonds. The Labute approximate surface area is 162 Å². The molecular weight excluding hydrogens is 360 g/mol. The first-order valence-corrected chi connectivity index (χ1v) is 9.57. The third-order valence-corrected chi connectivity index (χ3v) is 5.53. The Bertz CT molecular complexity index is 1110. The number of nitrogens with one attached hydrogen (secondary N) is 2. The van der Waals surface area contributed by atoms with Crippen LogP contribution in [-0.2, 0) is 6.54 Å². The molecule has 4 aromatic rings. The Hall–Kier alpha value is -2.41. The summed E-state index contributed by atoms with van der Waals surface area (Å²) in [4.78, 5) is 13.1. The molecule has 0 atom stereocenters. The van der Waals surface area contributed by atoms with Crippen molar-refractivity contribution >= 4 is 33.5 Å². The van der Waals surface area contributed by atoms with Gasteiger partial charge in [-0.3, -0.25) is 10.00 Å². The van der Waals surface area contributed by atoms with E-state index in [9.17, 15) is 0 Å². The van der Waals surface area contributed by atoms with Crippen molar-refractivity contribution in [1.82, 2.24) is 30.0 Å². The Balaban J connectivity index is 1.45. The Kier molecular flexibility index (Phi) is 4.11. The monoisotopic (exact) mass is 380 g/mol. The molecule has 0 radical (unpaired) electrons. The molecule has 0 saturated carbocycles. The van der Waals surface area contributed by atoms with Gasteiger partial charge in [0.1, 0.15) is 5.69 Å². The third-order valence-electron chi connectivity index (χ3n) is 5.30. The van der Waals surface area contributed by atoms with E-state index < -0.39 is 0 Å². The van der Waals surface area contributed by atoms with Crippen LogP contribution in [0, 0.1) is 0 Å². The van der Waals surface area contributed by atoms with Crippen molar-refractivity contribution in [2.45, 2.75) is 6.54 Å². The average Bonchev–Trinajstić information content (AvgIpc) is 3.26. The van der Waals surface area contributed by atoms with Crippen molar-refractivity contribution in [2.75, 3.05) is 33.2 Å². The van der Waals surface area contributed by atoms with E-state index in [1.807, 2.05) is 18.2 Å². The molecule has 7 heteroatoms. The minimum absolute atomic E-state index is 0.691. The molecule has 2 N–H and O–H groups in total. The van der Waals surface area contributed by atoms with Gasteiger partial charge < -0.3 is 9.88 Å². The second kappa shape index (κ2) is 6.64. The number of hydrogen-bond acceptors (Lipinski definition) is 4. The number of benzene rings is 2. The first-order chi connectivity index (χ1) is 13.2. The summed E-state index contributed by atoms with van der Waals surface area (Å²) in [5, 5.41) is 9.17. The molecule has 5 rings (SSSR count). The lowest BCUT2D eigenvalue weighted by molar-refractivity contribution is 0.148. The van der Waals surface area contributed by atoms with Gasteiger partial charge in [-0.1, -0.05) is 17.7 Å². The topological polar surface area (TPSA) is 63.8 Å². The van der Waals surface area contributed by atoms with E-state index in [0.717, 1.165) is 66.2 Å². The number of rotatable bonds is 3. The molecule has 0 unspecified atom stereocenters. The number of aromatic amines is 2. The summed E-state index contributed by atoms with van der Waals surface area (Å²) in [5.74, 6) is 0.773. The summed E-state index contributed by atoms with van der Waals surface area (Å²) in [6, 6.07) is 12.2. The number of nitrogens with zero attached hydrogens (tertiary/aromatic N) is 4. The number of imidazole rings is 1. The first kappa shape index (κ1) is 16.7. The fraction of sp³-hybridized carbons (Fsp3) is 0.300. The normalized spacial score (nSPS) is 16.5. The minimum Gasteiger partial charge on any atom is -0.337 e. The van der Waals surface area contributed by atoms with Crippen molar-refractivity contribution in [2.24, 2.45) is 0 Å². The fourth-order valence-electron chi connectivity index (χ4n) is 3.70. The number of fused-ring (bicyclic) bond motifs is 2. The van der Waals surface area contributed by atoms with Crippen LogP contribution in [-0.4, -0.2) is 63.2 Å². The van der Waals surface area contributed by atoms with E-state index in [2.05, 4.69) is 50.2 Å². The molecule has 1 aliphatic rings. The number of piperazine rings is 1. The third kappa shape index (κ3) is 3.20. The summed E-state index contributed by atoms with van der Waals surface area (Å²) in [5.41, 5.74) is 5.03. The SMILES string of the molecule is CN1CCN(Cc2ccc3nc(-c4n[nH]c5cc(Cl)ccc45)[nH]c3c2)CC1. The highest BCUT2D eigenvalue weighted by Crippen LogP contribution is 2.28. The zero-order chi connectivity index (χ0) is 18.4. The van der Waals surface area contributed by atoms with Crippen molar-refractivity contribution in [3.63, 3.8) is 0 Å². The van der Waals surface area contributed by atoms with Crippen LogP contribution in [0.4, 0.5) is 0 Å². The van der Waals surface area contributed by atoms with Crippen molar-refractivity contribution in [1.29, 1.82) is 0 Å². The molecule has 1 aliphatic heterocycles.